The molecule has 0 amide bonds. The van der Waals surface area contributed by atoms with Crippen LogP contribution in [0.5, 0.6) is 0 Å². The molecule has 3 heteroatoms. The van der Waals surface area contributed by atoms with Gasteiger partial charge in [0.15, 0.2) is 0 Å². The summed E-state index contributed by atoms with van der Waals surface area (Å²) in [5.41, 5.74) is 0. The first-order valence-electron chi connectivity index (χ1n) is 6.83. The minimum absolute atomic E-state index is 0.401. The van der Waals surface area contributed by atoms with Gasteiger partial charge in [0, 0.05) is 22.6 Å². The standard InChI is InChI=1S/C13H27NOS/c1-4-9-16(15)13-10-11(5-2)7-8-12(13)14-6-3/h11-14H,4-10H2,1-3H3. The summed E-state index contributed by atoms with van der Waals surface area (Å²) in [5.74, 6) is 1.68. The molecular formula is C13H27NOS. The predicted octanol–water partition coefficient (Wildman–Crippen LogP) is 2.70. The van der Waals surface area contributed by atoms with E-state index in [1.54, 1.807) is 0 Å². The Hall–Kier alpha value is 0.110. The molecule has 0 radical (unpaired) electrons. The number of nitrogens with one attached hydrogen (secondary N) is 1. The van der Waals surface area contributed by atoms with Gasteiger partial charge in [-0.05, 0) is 38.1 Å². The zero-order valence-corrected chi connectivity index (χ0v) is 11.8. The van der Waals surface area contributed by atoms with Crippen LogP contribution in [-0.4, -0.2) is 27.8 Å². The summed E-state index contributed by atoms with van der Waals surface area (Å²) in [6.45, 7) is 7.53. The molecule has 0 aliphatic heterocycles. The Bertz CT molecular complexity index is 220. The molecule has 4 atom stereocenters. The van der Waals surface area contributed by atoms with Gasteiger partial charge < -0.3 is 5.32 Å². The van der Waals surface area contributed by atoms with Gasteiger partial charge in [-0.1, -0.05) is 27.2 Å². The second-order valence-electron chi connectivity index (χ2n) is 4.87. The van der Waals surface area contributed by atoms with Gasteiger partial charge in [0.25, 0.3) is 0 Å². The van der Waals surface area contributed by atoms with Crippen molar-refractivity contribution in [2.75, 3.05) is 12.3 Å². The Balaban J connectivity index is 2.59. The molecule has 0 aromatic rings. The molecule has 0 bridgehead atoms. The Morgan fingerprint density at radius 1 is 1.25 bits per heavy atom. The van der Waals surface area contributed by atoms with Crippen molar-refractivity contribution in [3.63, 3.8) is 0 Å². The van der Waals surface area contributed by atoms with Crippen LogP contribution in [0.15, 0.2) is 0 Å². The second-order valence-corrected chi connectivity index (χ2v) is 6.65. The molecule has 1 fully saturated rings. The summed E-state index contributed by atoms with van der Waals surface area (Å²) in [4.78, 5) is 0. The SMILES string of the molecule is CCCS(=O)C1CC(CC)CCC1NCC. The highest BCUT2D eigenvalue weighted by Crippen LogP contribution is 2.30. The van der Waals surface area contributed by atoms with Crippen LogP contribution in [0.3, 0.4) is 0 Å². The molecule has 0 aromatic heterocycles. The van der Waals surface area contributed by atoms with Gasteiger partial charge in [-0.15, -0.1) is 0 Å². The third-order valence-electron chi connectivity index (χ3n) is 3.69. The normalized spacial score (nSPS) is 32.6. The van der Waals surface area contributed by atoms with Gasteiger partial charge in [-0.2, -0.15) is 0 Å². The van der Waals surface area contributed by atoms with Crippen molar-refractivity contribution >= 4 is 10.8 Å². The van der Waals surface area contributed by atoms with Gasteiger partial charge in [0.1, 0.15) is 0 Å². The van der Waals surface area contributed by atoms with Crippen molar-refractivity contribution in [1.82, 2.24) is 5.32 Å². The molecule has 1 saturated carbocycles. The molecular weight excluding hydrogens is 218 g/mol. The highest BCUT2D eigenvalue weighted by Gasteiger charge is 2.32. The third kappa shape index (κ3) is 3.85. The fourth-order valence-corrected chi connectivity index (χ4v) is 4.51. The monoisotopic (exact) mass is 245 g/mol. The van der Waals surface area contributed by atoms with Crippen LogP contribution < -0.4 is 5.32 Å². The first-order valence-corrected chi connectivity index (χ1v) is 8.21. The van der Waals surface area contributed by atoms with Gasteiger partial charge in [0.2, 0.25) is 0 Å². The molecule has 0 aromatic carbocycles. The van der Waals surface area contributed by atoms with E-state index in [1.807, 2.05) is 0 Å². The zero-order valence-electron chi connectivity index (χ0n) is 11.0. The third-order valence-corrected chi connectivity index (χ3v) is 5.69. The van der Waals surface area contributed by atoms with E-state index in [1.165, 1.54) is 25.7 Å². The van der Waals surface area contributed by atoms with E-state index in [9.17, 15) is 4.21 Å². The van der Waals surface area contributed by atoms with Crippen LogP contribution in [0, 0.1) is 5.92 Å². The molecule has 1 aliphatic carbocycles. The highest BCUT2D eigenvalue weighted by molar-refractivity contribution is 7.85. The van der Waals surface area contributed by atoms with E-state index >= 15 is 0 Å². The zero-order chi connectivity index (χ0) is 12.0. The molecule has 0 saturated heterocycles. The molecule has 0 spiro atoms. The average Bonchev–Trinajstić information content (AvgIpc) is 2.30. The van der Waals surface area contributed by atoms with Crippen LogP contribution in [0.25, 0.3) is 0 Å². The maximum atomic E-state index is 12.2. The summed E-state index contributed by atoms with van der Waals surface area (Å²) in [5, 5.41) is 3.93. The van der Waals surface area contributed by atoms with Gasteiger partial charge in [0.05, 0.1) is 5.25 Å². The Labute approximate surface area is 103 Å². The fourth-order valence-electron chi connectivity index (χ4n) is 2.72. The Kier molecular flexibility index (Phi) is 6.59. The van der Waals surface area contributed by atoms with Crippen molar-refractivity contribution in [2.24, 2.45) is 5.92 Å². The van der Waals surface area contributed by atoms with Crippen LogP contribution in [0.4, 0.5) is 0 Å². The quantitative estimate of drug-likeness (QED) is 0.779. The Morgan fingerprint density at radius 2 is 2.00 bits per heavy atom. The summed E-state index contributed by atoms with van der Waals surface area (Å²) in [6, 6.07) is 0.500. The minimum atomic E-state index is -0.623. The van der Waals surface area contributed by atoms with Crippen molar-refractivity contribution in [3.05, 3.63) is 0 Å². The molecule has 96 valence electrons. The second kappa shape index (κ2) is 7.44. The summed E-state index contributed by atoms with van der Waals surface area (Å²) >= 11 is 0. The fraction of sp³-hybridized carbons (Fsp3) is 1.00. The highest BCUT2D eigenvalue weighted by atomic mass is 32.2. The maximum Gasteiger partial charge on any atom is 0.0503 e. The van der Waals surface area contributed by atoms with Crippen molar-refractivity contribution < 1.29 is 4.21 Å². The topological polar surface area (TPSA) is 29.1 Å². The van der Waals surface area contributed by atoms with E-state index in [0.717, 1.165) is 24.6 Å². The van der Waals surface area contributed by atoms with E-state index < -0.39 is 10.8 Å². The van der Waals surface area contributed by atoms with Crippen LogP contribution >= 0.6 is 0 Å². The first kappa shape index (κ1) is 14.2. The van der Waals surface area contributed by atoms with Crippen LogP contribution in [-0.2, 0) is 10.8 Å². The lowest BCUT2D eigenvalue weighted by Gasteiger charge is -2.35. The molecule has 16 heavy (non-hydrogen) atoms. The summed E-state index contributed by atoms with van der Waals surface area (Å²) in [6.07, 6.45) is 5.98. The average molecular weight is 245 g/mol. The number of hydrogen-bond acceptors (Lipinski definition) is 2. The van der Waals surface area contributed by atoms with E-state index in [-0.39, 0.29) is 0 Å². The largest absolute Gasteiger partial charge is 0.313 e. The van der Waals surface area contributed by atoms with Gasteiger partial charge >= 0.3 is 0 Å². The first-order chi connectivity index (χ1) is 7.72. The molecule has 2 nitrogen and oxygen atoms in total. The summed E-state index contributed by atoms with van der Waals surface area (Å²) < 4.78 is 12.2. The van der Waals surface area contributed by atoms with E-state index in [0.29, 0.717) is 11.3 Å². The molecule has 1 aliphatic rings. The molecule has 4 unspecified atom stereocenters. The van der Waals surface area contributed by atoms with Gasteiger partial charge in [-0.25, -0.2) is 0 Å². The van der Waals surface area contributed by atoms with Crippen molar-refractivity contribution in [3.8, 4) is 0 Å². The smallest absolute Gasteiger partial charge is 0.0503 e. The lowest BCUT2D eigenvalue weighted by Crippen LogP contribution is -2.46. The maximum absolute atomic E-state index is 12.2. The van der Waals surface area contributed by atoms with E-state index in [4.69, 9.17) is 0 Å². The molecule has 0 heterocycles. The Morgan fingerprint density at radius 3 is 2.56 bits per heavy atom. The number of hydrogen-bond donors (Lipinski definition) is 1. The summed E-state index contributed by atoms with van der Waals surface area (Å²) in [7, 11) is -0.623. The van der Waals surface area contributed by atoms with Crippen molar-refractivity contribution in [1.29, 1.82) is 0 Å². The minimum Gasteiger partial charge on any atom is -0.313 e. The lowest BCUT2D eigenvalue weighted by atomic mass is 9.84. The molecule has 1 rings (SSSR count). The van der Waals surface area contributed by atoms with Gasteiger partial charge in [-0.3, -0.25) is 4.21 Å². The lowest BCUT2D eigenvalue weighted by molar-refractivity contribution is 0.294. The number of rotatable bonds is 6. The van der Waals surface area contributed by atoms with Crippen LogP contribution in [0.2, 0.25) is 0 Å². The van der Waals surface area contributed by atoms with E-state index in [2.05, 4.69) is 26.1 Å². The van der Waals surface area contributed by atoms with Crippen molar-refractivity contribution in [2.45, 2.75) is 64.2 Å². The molecule has 1 N–H and O–H groups in total. The predicted molar refractivity (Wildman–Crippen MR) is 72.2 cm³/mol. The van der Waals surface area contributed by atoms with Crippen LogP contribution in [0.1, 0.15) is 52.9 Å².